The van der Waals surface area contributed by atoms with Crippen molar-refractivity contribution in [2.24, 2.45) is 0 Å². The molecule has 0 bridgehead atoms. The summed E-state index contributed by atoms with van der Waals surface area (Å²) >= 11 is 0. The van der Waals surface area contributed by atoms with Gasteiger partial charge in [0.05, 0.1) is 20.8 Å². The van der Waals surface area contributed by atoms with Crippen molar-refractivity contribution >= 4 is 11.6 Å². The summed E-state index contributed by atoms with van der Waals surface area (Å²) < 4.78 is 27.9. The Hall–Kier alpha value is -4.43. The van der Waals surface area contributed by atoms with Gasteiger partial charge in [-0.2, -0.15) is 0 Å². The number of fused-ring (bicyclic) bond motifs is 1. The van der Waals surface area contributed by atoms with Gasteiger partial charge in [-0.1, -0.05) is 18.2 Å². The van der Waals surface area contributed by atoms with Gasteiger partial charge in [0.15, 0.2) is 28.8 Å². The number of benzene rings is 3. The molecule has 1 aromatic heterocycles. The lowest BCUT2D eigenvalue weighted by Crippen LogP contribution is -2.22. The second kappa shape index (κ2) is 11.5. The van der Waals surface area contributed by atoms with Gasteiger partial charge in [0.25, 0.3) is 5.91 Å². The molecule has 1 aliphatic heterocycles. The number of hydrogen-bond acceptors (Lipinski definition) is 7. The van der Waals surface area contributed by atoms with Gasteiger partial charge in [0.2, 0.25) is 6.79 Å². The number of methoxy groups -OCH3 is 2. The number of hydrogen-bond donors (Lipinski definition) is 1. The molecule has 0 atom stereocenters. The summed E-state index contributed by atoms with van der Waals surface area (Å²) in [4.78, 5) is 15.1. The van der Waals surface area contributed by atoms with Crippen LogP contribution in [-0.4, -0.2) is 31.8 Å². The van der Waals surface area contributed by atoms with Crippen LogP contribution in [0, 0.1) is 13.8 Å². The van der Waals surface area contributed by atoms with E-state index in [-0.39, 0.29) is 18.5 Å². The zero-order valence-electron chi connectivity index (χ0n) is 22.6. The molecular formula is C31H32N2O6. The number of aryl methyl sites for hydroxylation is 2. The molecule has 4 aromatic rings. The third-order valence-corrected chi connectivity index (χ3v) is 6.73. The zero-order chi connectivity index (χ0) is 27.4. The molecule has 0 radical (unpaired) electrons. The van der Waals surface area contributed by atoms with Crippen LogP contribution in [0.25, 0.3) is 0 Å². The molecule has 8 heteroatoms. The van der Waals surface area contributed by atoms with Gasteiger partial charge < -0.3 is 28.7 Å². The van der Waals surface area contributed by atoms with Gasteiger partial charge in [0.1, 0.15) is 5.76 Å². The van der Waals surface area contributed by atoms with Crippen LogP contribution in [0.5, 0.6) is 23.0 Å². The Kier molecular flexibility index (Phi) is 7.74. The fraction of sp³-hybridized carbons (Fsp3) is 0.258. The van der Waals surface area contributed by atoms with Crippen molar-refractivity contribution in [2.45, 2.75) is 33.5 Å². The normalized spacial score (nSPS) is 12.0. The number of furan rings is 1. The van der Waals surface area contributed by atoms with E-state index in [4.69, 9.17) is 23.4 Å². The summed E-state index contributed by atoms with van der Waals surface area (Å²) in [6.45, 7) is 6.00. The minimum atomic E-state index is -0.285. The second-order valence-corrected chi connectivity index (χ2v) is 9.54. The van der Waals surface area contributed by atoms with Gasteiger partial charge in [-0.15, -0.1) is 0 Å². The quantitative estimate of drug-likeness (QED) is 0.266. The molecule has 1 amide bonds. The van der Waals surface area contributed by atoms with Gasteiger partial charge >= 0.3 is 0 Å². The largest absolute Gasteiger partial charge is 0.493 e. The summed E-state index contributed by atoms with van der Waals surface area (Å²) in [5.74, 6) is 3.48. The first-order chi connectivity index (χ1) is 18.9. The van der Waals surface area contributed by atoms with Crippen LogP contribution in [0.15, 0.2) is 71.1 Å². The van der Waals surface area contributed by atoms with E-state index in [0.717, 1.165) is 33.9 Å². The Labute approximate surface area is 228 Å². The van der Waals surface area contributed by atoms with Crippen LogP contribution < -0.4 is 24.3 Å². The molecule has 0 saturated carbocycles. The number of amides is 1. The van der Waals surface area contributed by atoms with E-state index in [1.807, 2.05) is 74.5 Å². The number of rotatable bonds is 10. The lowest BCUT2D eigenvalue weighted by Gasteiger charge is -2.22. The van der Waals surface area contributed by atoms with Gasteiger partial charge in [0, 0.05) is 18.8 Å². The Bertz CT molecular complexity index is 1480. The highest BCUT2D eigenvalue weighted by atomic mass is 16.7. The van der Waals surface area contributed by atoms with Crippen molar-refractivity contribution in [3.63, 3.8) is 0 Å². The van der Waals surface area contributed by atoms with Gasteiger partial charge in [-0.05, 0) is 84.6 Å². The monoisotopic (exact) mass is 528 g/mol. The molecule has 2 heterocycles. The van der Waals surface area contributed by atoms with E-state index < -0.39 is 0 Å². The number of ether oxygens (including phenoxy) is 4. The smallest absolute Gasteiger partial charge is 0.291 e. The highest BCUT2D eigenvalue weighted by Crippen LogP contribution is 2.33. The molecule has 202 valence electrons. The van der Waals surface area contributed by atoms with Crippen molar-refractivity contribution in [3.05, 3.63) is 101 Å². The number of anilines is 1. The van der Waals surface area contributed by atoms with Crippen molar-refractivity contribution in [2.75, 3.05) is 26.3 Å². The Balaban J connectivity index is 1.34. The molecule has 5 rings (SSSR count). The first-order valence-electron chi connectivity index (χ1n) is 12.7. The van der Waals surface area contributed by atoms with Crippen LogP contribution in [-0.2, 0) is 19.6 Å². The first-order valence-corrected chi connectivity index (χ1v) is 12.7. The second-order valence-electron chi connectivity index (χ2n) is 9.54. The predicted octanol–water partition coefficient (Wildman–Crippen LogP) is 6.10. The van der Waals surface area contributed by atoms with Crippen LogP contribution in [0.4, 0.5) is 5.69 Å². The molecular weight excluding hydrogens is 496 g/mol. The minimum absolute atomic E-state index is 0.230. The van der Waals surface area contributed by atoms with E-state index in [9.17, 15) is 4.79 Å². The fourth-order valence-corrected chi connectivity index (χ4v) is 4.52. The van der Waals surface area contributed by atoms with E-state index in [0.29, 0.717) is 36.9 Å². The molecule has 1 N–H and O–H groups in total. The zero-order valence-corrected chi connectivity index (χ0v) is 22.6. The topological polar surface area (TPSA) is 82.4 Å². The van der Waals surface area contributed by atoms with Crippen molar-refractivity contribution in [1.29, 1.82) is 0 Å². The Morgan fingerprint density at radius 3 is 2.31 bits per heavy atom. The molecule has 1 aliphatic rings. The molecule has 0 fully saturated rings. The summed E-state index contributed by atoms with van der Waals surface area (Å²) in [5, 5.41) is 2.92. The van der Waals surface area contributed by atoms with E-state index in [2.05, 4.69) is 10.2 Å². The summed E-state index contributed by atoms with van der Waals surface area (Å²) in [7, 11) is 3.24. The van der Waals surface area contributed by atoms with Crippen molar-refractivity contribution in [3.8, 4) is 23.0 Å². The standard InChI is InChI=1S/C31H32N2O6/c1-20-5-8-24(13-21(20)2)32-31(34)28-12-9-25(39-28)18-33(16-22-6-10-26(35-3)29(14-22)36-4)17-23-7-11-27-30(15-23)38-19-37-27/h5-15H,16-19H2,1-4H3,(H,32,34). The average molecular weight is 529 g/mol. The minimum Gasteiger partial charge on any atom is -0.493 e. The van der Waals surface area contributed by atoms with Crippen LogP contribution in [0.3, 0.4) is 0 Å². The predicted molar refractivity (Wildman–Crippen MR) is 148 cm³/mol. The molecule has 39 heavy (non-hydrogen) atoms. The molecule has 8 nitrogen and oxygen atoms in total. The van der Waals surface area contributed by atoms with Gasteiger partial charge in [-0.25, -0.2) is 0 Å². The fourth-order valence-electron chi connectivity index (χ4n) is 4.52. The maximum Gasteiger partial charge on any atom is 0.291 e. The molecule has 0 aliphatic carbocycles. The van der Waals surface area contributed by atoms with E-state index >= 15 is 0 Å². The lowest BCUT2D eigenvalue weighted by atomic mass is 10.1. The molecule has 0 unspecified atom stereocenters. The van der Waals surface area contributed by atoms with Crippen molar-refractivity contribution < 1.29 is 28.2 Å². The van der Waals surface area contributed by atoms with Crippen LogP contribution >= 0.6 is 0 Å². The SMILES string of the molecule is COc1ccc(CN(Cc2ccc3c(c2)OCO3)Cc2ccc(C(=O)Nc3ccc(C)c(C)c3)o2)cc1OC. The Morgan fingerprint density at radius 2 is 1.54 bits per heavy atom. The van der Waals surface area contributed by atoms with Crippen molar-refractivity contribution in [1.82, 2.24) is 4.90 Å². The molecule has 0 saturated heterocycles. The average Bonchev–Trinajstić information content (AvgIpc) is 3.60. The van der Waals surface area contributed by atoms with E-state index in [1.165, 1.54) is 5.56 Å². The highest BCUT2D eigenvalue weighted by Gasteiger charge is 2.18. The number of nitrogens with zero attached hydrogens (tertiary/aromatic N) is 1. The highest BCUT2D eigenvalue weighted by molar-refractivity contribution is 6.02. The summed E-state index contributed by atoms with van der Waals surface area (Å²) in [5.41, 5.74) is 5.14. The number of carbonyl (C=O) groups is 1. The summed E-state index contributed by atoms with van der Waals surface area (Å²) in [6.07, 6.45) is 0. The summed E-state index contributed by atoms with van der Waals surface area (Å²) in [6, 6.07) is 21.2. The van der Waals surface area contributed by atoms with E-state index in [1.54, 1.807) is 20.3 Å². The maximum absolute atomic E-state index is 12.9. The maximum atomic E-state index is 12.9. The first kappa shape index (κ1) is 26.2. The van der Waals surface area contributed by atoms with Crippen LogP contribution in [0.2, 0.25) is 0 Å². The van der Waals surface area contributed by atoms with Crippen LogP contribution in [0.1, 0.15) is 38.6 Å². The molecule has 0 spiro atoms. The third-order valence-electron chi connectivity index (χ3n) is 6.73. The number of nitrogens with one attached hydrogen (secondary N) is 1. The Morgan fingerprint density at radius 1 is 0.795 bits per heavy atom. The third kappa shape index (κ3) is 6.18. The lowest BCUT2D eigenvalue weighted by molar-refractivity contribution is 0.0992. The molecule has 3 aromatic carbocycles. The number of carbonyl (C=O) groups excluding carboxylic acids is 1. The van der Waals surface area contributed by atoms with Gasteiger partial charge in [-0.3, -0.25) is 9.69 Å².